The van der Waals surface area contributed by atoms with E-state index in [2.05, 4.69) is 15.3 Å². The summed E-state index contributed by atoms with van der Waals surface area (Å²) in [7, 11) is 0. The van der Waals surface area contributed by atoms with Crippen LogP contribution in [0, 0.1) is 5.92 Å². The van der Waals surface area contributed by atoms with Crippen LogP contribution in [0.2, 0.25) is 0 Å². The molecule has 0 aromatic carbocycles. The van der Waals surface area contributed by atoms with Gasteiger partial charge in [-0.05, 0) is 18.9 Å². The quantitative estimate of drug-likeness (QED) is 0.711. The van der Waals surface area contributed by atoms with Gasteiger partial charge in [0, 0.05) is 24.8 Å². The van der Waals surface area contributed by atoms with Gasteiger partial charge in [-0.15, -0.1) is 0 Å². The molecular formula is C11H18N4O. The minimum Gasteiger partial charge on any atom is -0.396 e. The summed E-state index contributed by atoms with van der Waals surface area (Å²) < 4.78 is 0. The lowest BCUT2D eigenvalue weighted by Crippen LogP contribution is -2.34. The van der Waals surface area contributed by atoms with E-state index in [1.165, 1.54) is 12.8 Å². The summed E-state index contributed by atoms with van der Waals surface area (Å²) in [4.78, 5) is 7.96. The van der Waals surface area contributed by atoms with Crippen LogP contribution in [0.4, 0.5) is 11.8 Å². The predicted octanol–water partition coefficient (Wildman–Crippen LogP) is 1.02. The molecule has 1 fully saturated rings. The van der Waals surface area contributed by atoms with Crippen molar-refractivity contribution in [2.45, 2.75) is 31.7 Å². The Labute approximate surface area is 95.1 Å². The highest BCUT2D eigenvalue weighted by molar-refractivity contribution is 5.38. The van der Waals surface area contributed by atoms with Gasteiger partial charge < -0.3 is 16.2 Å². The Balaban J connectivity index is 2.02. The van der Waals surface area contributed by atoms with Gasteiger partial charge in [-0.1, -0.05) is 12.8 Å². The number of hydrogen-bond acceptors (Lipinski definition) is 5. The number of hydrogen-bond donors (Lipinski definition) is 3. The van der Waals surface area contributed by atoms with Gasteiger partial charge in [0.05, 0.1) is 0 Å². The Hall–Kier alpha value is -1.36. The Morgan fingerprint density at radius 2 is 2.25 bits per heavy atom. The summed E-state index contributed by atoms with van der Waals surface area (Å²) in [5.41, 5.74) is 5.52. The molecule has 5 heteroatoms. The SMILES string of the molecule is Nc1nccc(NC2CCCCC2CO)n1. The molecule has 0 amide bonds. The monoisotopic (exact) mass is 222 g/mol. The van der Waals surface area contributed by atoms with E-state index < -0.39 is 0 Å². The van der Waals surface area contributed by atoms with Crippen LogP contribution in [-0.4, -0.2) is 27.7 Å². The molecule has 0 saturated heterocycles. The van der Waals surface area contributed by atoms with Gasteiger partial charge in [-0.3, -0.25) is 0 Å². The molecule has 1 heterocycles. The first-order valence-electron chi connectivity index (χ1n) is 5.75. The van der Waals surface area contributed by atoms with Gasteiger partial charge in [-0.2, -0.15) is 4.98 Å². The Bertz CT molecular complexity index is 345. The van der Waals surface area contributed by atoms with Crippen molar-refractivity contribution in [3.05, 3.63) is 12.3 Å². The normalized spacial score (nSPS) is 25.3. The van der Waals surface area contributed by atoms with Crippen molar-refractivity contribution < 1.29 is 5.11 Å². The summed E-state index contributed by atoms with van der Waals surface area (Å²) in [6, 6.07) is 2.10. The van der Waals surface area contributed by atoms with E-state index in [-0.39, 0.29) is 12.6 Å². The zero-order valence-electron chi connectivity index (χ0n) is 9.26. The predicted molar refractivity (Wildman–Crippen MR) is 62.9 cm³/mol. The van der Waals surface area contributed by atoms with Crippen LogP contribution in [-0.2, 0) is 0 Å². The van der Waals surface area contributed by atoms with Crippen molar-refractivity contribution in [2.75, 3.05) is 17.7 Å². The molecule has 0 spiro atoms. The van der Waals surface area contributed by atoms with Crippen LogP contribution < -0.4 is 11.1 Å². The lowest BCUT2D eigenvalue weighted by molar-refractivity contribution is 0.178. The molecule has 4 N–H and O–H groups in total. The lowest BCUT2D eigenvalue weighted by atomic mass is 9.85. The van der Waals surface area contributed by atoms with Crippen LogP contribution in [0.25, 0.3) is 0 Å². The van der Waals surface area contributed by atoms with Crippen molar-refractivity contribution in [1.82, 2.24) is 9.97 Å². The maximum absolute atomic E-state index is 9.30. The molecule has 5 nitrogen and oxygen atoms in total. The Morgan fingerprint density at radius 3 is 3.00 bits per heavy atom. The third-order valence-electron chi connectivity index (χ3n) is 3.15. The first kappa shape index (κ1) is 11.1. The fourth-order valence-corrected chi connectivity index (χ4v) is 2.26. The number of aromatic nitrogens is 2. The van der Waals surface area contributed by atoms with Gasteiger partial charge in [0.25, 0.3) is 0 Å². The Morgan fingerprint density at radius 1 is 1.44 bits per heavy atom. The van der Waals surface area contributed by atoms with Gasteiger partial charge in [0.2, 0.25) is 5.95 Å². The van der Waals surface area contributed by atoms with E-state index in [0.29, 0.717) is 12.0 Å². The molecule has 16 heavy (non-hydrogen) atoms. The van der Waals surface area contributed by atoms with Crippen LogP contribution in [0.3, 0.4) is 0 Å². The maximum Gasteiger partial charge on any atom is 0.221 e. The zero-order valence-corrected chi connectivity index (χ0v) is 9.26. The molecule has 2 unspecified atom stereocenters. The molecule has 1 aliphatic carbocycles. The second-order valence-corrected chi connectivity index (χ2v) is 4.28. The first-order chi connectivity index (χ1) is 7.79. The van der Waals surface area contributed by atoms with Crippen molar-refractivity contribution in [1.29, 1.82) is 0 Å². The average Bonchev–Trinajstić information content (AvgIpc) is 2.30. The number of nitrogens with zero attached hydrogens (tertiary/aromatic N) is 2. The minimum absolute atomic E-state index is 0.234. The van der Waals surface area contributed by atoms with Crippen molar-refractivity contribution in [3.8, 4) is 0 Å². The van der Waals surface area contributed by atoms with Crippen LogP contribution in [0.15, 0.2) is 12.3 Å². The molecule has 0 bridgehead atoms. The molecule has 1 saturated carbocycles. The third-order valence-corrected chi connectivity index (χ3v) is 3.15. The highest BCUT2D eigenvalue weighted by Gasteiger charge is 2.24. The summed E-state index contributed by atoms with van der Waals surface area (Å²) >= 11 is 0. The number of nitrogens with two attached hydrogens (primary N) is 1. The average molecular weight is 222 g/mol. The first-order valence-corrected chi connectivity index (χ1v) is 5.75. The zero-order chi connectivity index (χ0) is 11.4. The van der Waals surface area contributed by atoms with Crippen molar-refractivity contribution >= 4 is 11.8 Å². The molecule has 88 valence electrons. The van der Waals surface area contributed by atoms with Gasteiger partial charge in [0.15, 0.2) is 0 Å². The van der Waals surface area contributed by atoms with Crippen LogP contribution >= 0.6 is 0 Å². The van der Waals surface area contributed by atoms with Crippen LogP contribution in [0.1, 0.15) is 25.7 Å². The summed E-state index contributed by atoms with van der Waals surface area (Å²) in [6.07, 6.45) is 6.20. The minimum atomic E-state index is 0.234. The summed E-state index contributed by atoms with van der Waals surface area (Å²) in [6.45, 7) is 0.234. The Kier molecular flexibility index (Phi) is 3.56. The van der Waals surface area contributed by atoms with Crippen molar-refractivity contribution in [2.24, 2.45) is 5.92 Å². The number of aliphatic hydroxyl groups excluding tert-OH is 1. The summed E-state index contributed by atoms with van der Waals surface area (Å²) in [5, 5.41) is 12.6. The molecule has 2 rings (SSSR count). The lowest BCUT2D eigenvalue weighted by Gasteiger charge is -2.31. The highest BCUT2D eigenvalue weighted by Crippen LogP contribution is 2.26. The van der Waals surface area contributed by atoms with E-state index in [1.807, 2.05) is 0 Å². The number of anilines is 2. The smallest absolute Gasteiger partial charge is 0.221 e. The molecular weight excluding hydrogens is 204 g/mol. The maximum atomic E-state index is 9.30. The number of nitrogen functional groups attached to an aromatic ring is 1. The fraction of sp³-hybridized carbons (Fsp3) is 0.636. The van der Waals surface area contributed by atoms with E-state index in [9.17, 15) is 5.11 Å². The summed E-state index contributed by atoms with van der Waals surface area (Å²) in [5.74, 6) is 1.35. The molecule has 1 aromatic heterocycles. The molecule has 1 aliphatic rings. The van der Waals surface area contributed by atoms with Gasteiger partial charge >= 0.3 is 0 Å². The van der Waals surface area contributed by atoms with Gasteiger partial charge in [0.1, 0.15) is 5.82 Å². The molecule has 2 atom stereocenters. The van der Waals surface area contributed by atoms with E-state index in [4.69, 9.17) is 5.73 Å². The molecule has 0 aliphatic heterocycles. The number of aliphatic hydroxyl groups is 1. The molecule has 1 aromatic rings. The van der Waals surface area contributed by atoms with E-state index in [1.54, 1.807) is 12.3 Å². The topological polar surface area (TPSA) is 84.1 Å². The number of nitrogens with one attached hydrogen (secondary N) is 1. The second kappa shape index (κ2) is 5.12. The largest absolute Gasteiger partial charge is 0.396 e. The second-order valence-electron chi connectivity index (χ2n) is 4.28. The van der Waals surface area contributed by atoms with E-state index >= 15 is 0 Å². The highest BCUT2D eigenvalue weighted by atomic mass is 16.3. The molecule has 0 radical (unpaired) electrons. The number of rotatable bonds is 3. The van der Waals surface area contributed by atoms with Crippen molar-refractivity contribution in [3.63, 3.8) is 0 Å². The fourth-order valence-electron chi connectivity index (χ4n) is 2.26. The van der Waals surface area contributed by atoms with E-state index in [0.717, 1.165) is 18.7 Å². The third kappa shape index (κ3) is 2.61. The standard InChI is InChI=1S/C11H18N4O/c12-11-13-6-5-10(15-11)14-9-4-2-1-3-8(9)7-16/h5-6,8-9,16H,1-4,7H2,(H3,12,13,14,15). The van der Waals surface area contributed by atoms with Crippen LogP contribution in [0.5, 0.6) is 0 Å². The van der Waals surface area contributed by atoms with Gasteiger partial charge in [-0.25, -0.2) is 4.98 Å².